The fourth-order valence-corrected chi connectivity index (χ4v) is 1.66. The van der Waals surface area contributed by atoms with Crippen LogP contribution in [0.15, 0.2) is 18.2 Å². The normalized spacial score (nSPS) is 13.5. The Morgan fingerprint density at radius 3 is 2.47 bits per heavy atom. The Morgan fingerprint density at radius 1 is 1.35 bits per heavy atom. The third kappa shape index (κ3) is 3.36. The molecule has 1 aromatic carbocycles. The molecular weight excluding hydrogens is 231 g/mol. The largest absolute Gasteiger partial charge is 0.496 e. The lowest BCUT2D eigenvalue weighted by molar-refractivity contribution is -0.137. The molecule has 0 aliphatic rings. The maximum absolute atomic E-state index is 12.5. The van der Waals surface area contributed by atoms with Crippen molar-refractivity contribution in [1.82, 2.24) is 0 Å². The first-order chi connectivity index (χ1) is 7.90. The van der Waals surface area contributed by atoms with Crippen molar-refractivity contribution < 1.29 is 17.9 Å². The van der Waals surface area contributed by atoms with Crippen LogP contribution in [0.1, 0.15) is 36.9 Å². The van der Waals surface area contributed by atoms with Crippen LogP contribution < -0.4 is 10.5 Å². The lowest BCUT2D eigenvalue weighted by Crippen LogP contribution is -2.13. The van der Waals surface area contributed by atoms with Gasteiger partial charge in [0.1, 0.15) is 5.75 Å². The Kier molecular flexibility index (Phi) is 4.40. The van der Waals surface area contributed by atoms with Gasteiger partial charge < -0.3 is 10.5 Å². The topological polar surface area (TPSA) is 35.2 Å². The number of ether oxygens (including phenoxy) is 1. The van der Waals surface area contributed by atoms with E-state index < -0.39 is 11.7 Å². The zero-order valence-corrected chi connectivity index (χ0v) is 9.84. The molecule has 1 rings (SSSR count). The van der Waals surface area contributed by atoms with Crippen molar-refractivity contribution in [2.45, 2.75) is 32.0 Å². The third-order valence-electron chi connectivity index (χ3n) is 2.56. The monoisotopic (exact) mass is 247 g/mol. The summed E-state index contributed by atoms with van der Waals surface area (Å²) in [6.07, 6.45) is -2.78. The predicted octanol–water partition coefficient (Wildman–Crippen LogP) is 3.51. The minimum absolute atomic E-state index is 0.195. The number of alkyl halides is 3. The lowest BCUT2D eigenvalue weighted by Gasteiger charge is -2.17. The molecular formula is C12H16F3NO. The lowest BCUT2D eigenvalue weighted by atomic mass is 10.0. The van der Waals surface area contributed by atoms with Crippen LogP contribution in [0.3, 0.4) is 0 Å². The number of rotatable bonds is 4. The summed E-state index contributed by atoms with van der Waals surface area (Å²) in [6, 6.07) is 3.12. The molecule has 0 aromatic heterocycles. The van der Waals surface area contributed by atoms with Crippen LogP contribution >= 0.6 is 0 Å². The molecule has 0 aliphatic carbocycles. The van der Waals surface area contributed by atoms with Gasteiger partial charge in [0.25, 0.3) is 0 Å². The summed E-state index contributed by atoms with van der Waals surface area (Å²) in [6.45, 7) is 1.97. The number of hydrogen-bond donors (Lipinski definition) is 1. The van der Waals surface area contributed by atoms with E-state index in [1.165, 1.54) is 13.2 Å². The molecule has 0 saturated heterocycles. The van der Waals surface area contributed by atoms with Crippen molar-refractivity contribution in [1.29, 1.82) is 0 Å². The Balaban J connectivity index is 3.10. The van der Waals surface area contributed by atoms with Gasteiger partial charge in [0, 0.05) is 11.6 Å². The number of halogens is 3. The van der Waals surface area contributed by atoms with Crippen molar-refractivity contribution in [2.75, 3.05) is 7.11 Å². The standard InChI is InChI=1S/C12H16F3NO/c1-3-4-10(16)9-6-5-8(12(13,14)15)7-11(9)17-2/h5-7,10H,3-4,16H2,1-2H3/t10-/m1/s1. The molecule has 0 amide bonds. The zero-order valence-electron chi connectivity index (χ0n) is 9.84. The van der Waals surface area contributed by atoms with Crippen molar-refractivity contribution in [3.8, 4) is 5.75 Å². The SMILES string of the molecule is CCC[C@@H](N)c1ccc(C(F)(F)F)cc1OC. The summed E-state index contributed by atoms with van der Waals surface area (Å²) < 4.78 is 42.5. The first-order valence-electron chi connectivity index (χ1n) is 5.40. The van der Waals surface area contributed by atoms with Gasteiger partial charge in [-0.15, -0.1) is 0 Å². The van der Waals surface area contributed by atoms with Gasteiger partial charge in [-0.25, -0.2) is 0 Å². The maximum atomic E-state index is 12.5. The van der Waals surface area contributed by atoms with Crippen LogP contribution in [-0.2, 0) is 6.18 Å². The molecule has 0 aliphatic heterocycles. The molecule has 1 atom stereocenters. The van der Waals surface area contributed by atoms with Crippen molar-refractivity contribution in [3.05, 3.63) is 29.3 Å². The average Bonchev–Trinajstić information content (AvgIpc) is 2.27. The van der Waals surface area contributed by atoms with Gasteiger partial charge in [-0.1, -0.05) is 19.4 Å². The van der Waals surface area contributed by atoms with E-state index in [0.717, 1.165) is 18.6 Å². The van der Waals surface area contributed by atoms with E-state index in [2.05, 4.69) is 0 Å². The second-order valence-electron chi connectivity index (χ2n) is 3.85. The van der Waals surface area contributed by atoms with E-state index in [0.29, 0.717) is 12.0 Å². The van der Waals surface area contributed by atoms with Crippen LogP contribution in [0, 0.1) is 0 Å². The van der Waals surface area contributed by atoms with Crippen molar-refractivity contribution in [2.24, 2.45) is 5.73 Å². The Morgan fingerprint density at radius 2 is 2.00 bits per heavy atom. The van der Waals surface area contributed by atoms with Crippen LogP contribution in [0.4, 0.5) is 13.2 Å². The second kappa shape index (κ2) is 5.40. The van der Waals surface area contributed by atoms with Crippen LogP contribution in [-0.4, -0.2) is 7.11 Å². The predicted molar refractivity (Wildman–Crippen MR) is 59.8 cm³/mol. The minimum atomic E-state index is -4.36. The summed E-state index contributed by atoms with van der Waals surface area (Å²) in [5, 5.41) is 0. The molecule has 96 valence electrons. The van der Waals surface area contributed by atoms with Gasteiger partial charge in [0.15, 0.2) is 0 Å². The molecule has 0 bridgehead atoms. The van der Waals surface area contributed by atoms with Gasteiger partial charge in [-0.05, 0) is 18.6 Å². The molecule has 17 heavy (non-hydrogen) atoms. The smallest absolute Gasteiger partial charge is 0.416 e. The zero-order chi connectivity index (χ0) is 13.1. The quantitative estimate of drug-likeness (QED) is 0.883. The highest BCUT2D eigenvalue weighted by molar-refractivity contribution is 5.40. The molecule has 0 spiro atoms. The molecule has 2 N–H and O–H groups in total. The molecule has 0 saturated carbocycles. The van der Waals surface area contributed by atoms with Gasteiger partial charge in [-0.3, -0.25) is 0 Å². The Hall–Kier alpha value is -1.23. The molecule has 2 nitrogen and oxygen atoms in total. The number of methoxy groups -OCH3 is 1. The first kappa shape index (κ1) is 13.8. The fraction of sp³-hybridized carbons (Fsp3) is 0.500. The van der Waals surface area contributed by atoms with Crippen LogP contribution in [0.25, 0.3) is 0 Å². The van der Waals surface area contributed by atoms with Crippen molar-refractivity contribution in [3.63, 3.8) is 0 Å². The fourth-order valence-electron chi connectivity index (χ4n) is 1.66. The summed E-state index contributed by atoms with van der Waals surface area (Å²) in [5.41, 5.74) is 5.77. The van der Waals surface area contributed by atoms with Gasteiger partial charge >= 0.3 is 6.18 Å². The number of benzene rings is 1. The highest BCUT2D eigenvalue weighted by atomic mass is 19.4. The van der Waals surface area contributed by atoms with E-state index in [9.17, 15) is 13.2 Å². The molecule has 0 radical (unpaired) electrons. The minimum Gasteiger partial charge on any atom is -0.496 e. The van der Waals surface area contributed by atoms with Gasteiger partial charge in [0.2, 0.25) is 0 Å². The molecule has 0 unspecified atom stereocenters. The first-order valence-corrected chi connectivity index (χ1v) is 5.40. The van der Waals surface area contributed by atoms with E-state index in [1.54, 1.807) is 0 Å². The maximum Gasteiger partial charge on any atom is 0.416 e. The van der Waals surface area contributed by atoms with Crippen LogP contribution in [0.2, 0.25) is 0 Å². The van der Waals surface area contributed by atoms with E-state index in [-0.39, 0.29) is 11.8 Å². The number of nitrogens with two attached hydrogens (primary N) is 1. The van der Waals surface area contributed by atoms with Gasteiger partial charge in [0.05, 0.1) is 12.7 Å². The number of hydrogen-bond acceptors (Lipinski definition) is 2. The van der Waals surface area contributed by atoms with E-state index >= 15 is 0 Å². The highest BCUT2D eigenvalue weighted by Gasteiger charge is 2.31. The summed E-state index contributed by atoms with van der Waals surface area (Å²) in [7, 11) is 1.34. The third-order valence-corrected chi connectivity index (χ3v) is 2.56. The average molecular weight is 247 g/mol. The molecule has 5 heteroatoms. The van der Waals surface area contributed by atoms with Crippen molar-refractivity contribution >= 4 is 0 Å². The highest BCUT2D eigenvalue weighted by Crippen LogP contribution is 2.35. The summed E-state index contributed by atoms with van der Waals surface area (Å²) >= 11 is 0. The van der Waals surface area contributed by atoms with E-state index in [4.69, 9.17) is 10.5 Å². The molecule has 0 heterocycles. The Labute approximate surface area is 98.6 Å². The van der Waals surface area contributed by atoms with Gasteiger partial charge in [-0.2, -0.15) is 13.2 Å². The second-order valence-corrected chi connectivity index (χ2v) is 3.85. The summed E-state index contributed by atoms with van der Waals surface area (Å²) in [4.78, 5) is 0. The summed E-state index contributed by atoms with van der Waals surface area (Å²) in [5.74, 6) is 0.195. The van der Waals surface area contributed by atoms with E-state index in [1.807, 2.05) is 6.92 Å². The molecule has 1 aromatic rings. The van der Waals surface area contributed by atoms with Crippen LogP contribution in [0.5, 0.6) is 5.75 Å². The Bertz CT molecular complexity index is 377. The molecule has 0 fully saturated rings.